The van der Waals surface area contributed by atoms with Gasteiger partial charge in [-0.3, -0.25) is 0 Å². The van der Waals surface area contributed by atoms with E-state index in [1.54, 1.807) is 0 Å². The van der Waals surface area contributed by atoms with Crippen LogP contribution in [0.15, 0.2) is 40.9 Å². The van der Waals surface area contributed by atoms with Gasteiger partial charge in [-0.25, -0.2) is 0 Å². The molecule has 0 saturated heterocycles. The van der Waals surface area contributed by atoms with Crippen molar-refractivity contribution in [2.75, 3.05) is 6.61 Å². The van der Waals surface area contributed by atoms with Crippen LogP contribution in [0.25, 0.3) is 0 Å². The molecule has 1 aliphatic rings. The fourth-order valence-electron chi connectivity index (χ4n) is 2.29. The van der Waals surface area contributed by atoms with Crippen molar-refractivity contribution in [1.29, 1.82) is 0 Å². The normalized spacial score (nSPS) is 12.9. The molecule has 0 N–H and O–H groups in total. The van der Waals surface area contributed by atoms with Crippen molar-refractivity contribution < 1.29 is 9.47 Å². The maximum Gasteiger partial charge on any atom is 0.129 e. The molecule has 2 nitrogen and oxygen atoms in total. The summed E-state index contributed by atoms with van der Waals surface area (Å²) in [4.78, 5) is 0. The van der Waals surface area contributed by atoms with Gasteiger partial charge in [0.05, 0.1) is 6.61 Å². The quantitative estimate of drug-likeness (QED) is 0.686. The third kappa shape index (κ3) is 3.01. The Morgan fingerprint density at radius 2 is 1.95 bits per heavy atom. The largest absolute Gasteiger partial charge is 0.493 e. The zero-order chi connectivity index (χ0) is 13.9. The van der Waals surface area contributed by atoms with Gasteiger partial charge in [0.15, 0.2) is 0 Å². The van der Waals surface area contributed by atoms with E-state index in [0.717, 1.165) is 39.9 Å². The summed E-state index contributed by atoms with van der Waals surface area (Å²) in [6.07, 6.45) is 0.974. The van der Waals surface area contributed by atoms with E-state index in [2.05, 4.69) is 56.1 Å². The lowest BCUT2D eigenvalue weighted by atomic mass is 10.1. The molecule has 0 fully saturated rings. The highest BCUT2D eigenvalue weighted by molar-refractivity contribution is 9.10. The van der Waals surface area contributed by atoms with Crippen LogP contribution in [0.5, 0.6) is 11.5 Å². The van der Waals surface area contributed by atoms with Gasteiger partial charge in [-0.1, -0.05) is 44.0 Å². The molecule has 0 atom stereocenters. The third-order valence-corrected chi connectivity index (χ3v) is 4.40. The fraction of sp³-hybridized carbons (Fsp3) is 0.250. The average Bonchev–Trinajstić information content (AvgIpc) is 2.93. The molecule has 2 aromatic rings. The second-order valence-corrected chi connectivity index (χ2v) is 6.19. The summed E-state index contributed by atoms with van der Waals surface area (Å²) in [5.41, 5.74) is 3.59. The Hall–Kier alpha value is -1.00. The molecule has 0 bridgehead atoms. The molecule has 0 radical (unpaired) electrons. The number of fused-ring (bicyclic) bond motifs is 1. The van der Waals surface area contributed by atoms with Crippen LogP contribution in [0, 0.1) is 0 Å². The molecular formula is C16H14Br2O2. The van der Waals surface area contributed by atoms with Crippen LogP contribution in [-0.4, -0.2) is 6.61 Å². The Labute approximate surface area is 135 Å². The van der Waals surface area contributed by atoms with Gasteiger partial charge in [0.1, 0.15) is 18.1 Å². The van der Waals surface area contributed by atoms with Crippen LogP contribution < -0.4 is 9.47 Å². The maximum absolute atomic E-state index is 5.86. The molecule has 3 rings (SSSR count). The van der Waals surface area contributed by atoms with Crippen LogP contribution >= 0.6 is 31.9 Å². The highest BCUT2D eigenvalue weighted by Gasteiger charge is 2.17. The molecule has 0 aliphatic carbocycles. The minimum absolute atomic E-state index is 0.523. The molecule has 1 heterocycles. The monoisotopic (exact) mass is 396 g/mol. The van der Waals surface area contributed by atoms with Gasteiger partial charge in [-0.15, -0.1) is 0 Å². The number of ether oxygens (including phenoxy) is 2. The third-order valence-electron chi connectivity index (χ3n) is 3.30. The van der Waals surface area contributed by atoms with Crippen molar-refractivity contribution in [3.8, 4) is 11.5 Å². The van der Waals surface area contributed by atoms with E-state index in [4.69, 9.17) is 9.47 Å². The molecular weight excluding hydrogens is 384 g/mol. The minimum atomic E-state index is 0.523. The first-order valence-corrected chi connectivity index (χ1v) is 8.39. The average molecular weight is 398 g/mol. The van der Waals surface area contributed by atoms with Crippen molar-refractivity contribution in [3.05, 3.63) is 57.6 Å². The fourth-order valence-corrected chi connectivity index (χ4v) is 3.22. The van der Waals surface area contributed by atoms with Crippen LogP contribution in [0.2, 0.25) is 0 Å². The highest BCUT2D eigenvalue weighted by Crippen LogP contribution is 2.33. The van der Waals surface area contributed by atoms with Crippen LogP contribution in [0.4, 0.5) is 0 Å². The molecule has 0 unspecified atom stereocenters. The van der Waals surface area contributed by atoms with Gasteiger partial charge in [0, 0.05) is 21.8 Å². The zero-order valence-electron chi connectivity index (χ0n) is 10.9. The minimum Gasteiger partial charge on any atom is -0.493 e. The second-order valence-electron chi connectivity index (χ2n) is 4.72. The Morgan fingerprint density at radius 1 is 1.15 bits per heavy atom. The first-order chi connectivity index (χ1) is 9.76. The van der Waals surface area contributed by atoms with Gasteiger partial charge in [0.25, 0.3) is 0 Å². The Kier molecular flexibility index (Phi) is 4.32. The molecule has 0 spiro atoms. The van der Waals surface area contributed by atoms with E-state index in [-0.39, 0.29) is 0 Å². The molecule has 20 heavy (non-hydrogen) atoms. The SMILES string of the molecule is BrCc1ccc(OCc2cc(Br)cc3c2OCC3)cc1. The maximum atomic E-state index is 5.86. The van der Waals surface area contributed by atoms with Crippen LogP contribution in [0.3, 0.4) is 0 Å². The summed E-state index contributed by atoms with van der Waals surface area (Å²) in [7, 11) is 0. The van der Waals surface area contributed by atoms with Gasteiger partial charge < -0.3 is 9.47 Å². The van der Waals surface area contributed by atoms with Gasteiger partial charge in [-0.2, -0.15) is 0 Å². The number of hydrogen-bond acceptors (Lipinski definition) is 2. The second kappa shape index (κ2) is 6.19. The van der Waals surface area contributed by atoms with Gasteiger partial charge in [0.2, 0.25) is 0 Å². The number of rotatable bonds is 4. The summed E-state index contributed by atoms with van der Waals surface area (Å²) in [6, 6.07) is 12.3. The van der Waals surface area contributed by atoms with E-state index in [9.17, 15) is 0 Å². The van der Waals surface area contributed by atoms with Crippen LogP contribution in [0.1, 0.15) is 16.7 Å². The lowest BCUT2D eigenvalue weighted by molar-refractivity contribution is 0.292. The molecule has 104 valence electrons. The molecule has 0 aromatic heterocycles. The predicted octanol–water partition coefficient (Wildman–Crippen LogP) is 4.86. The van der Waals surface area contributed by atoms with Crippen LogP contribution in [-0.2, 0) is 18.4 Å². The molecule has 0 amide bonds. The highest BCUT2D eigenvalue weighted by atomic mass is 79.9. The summed E-state index contributed by atoms with van der Waals surface area (Å²) in [6.45, 7) is 1.29. The van der Waals surface area contributed by atoms with E-state index < -0.39 is 0 Å². The number of benzene rings is 2. The van der Waals surface area contributed by atoms with Crippen molar-refractivity contribution >= 4 is 31.9 Å². The molecule has 2 aromatic carbocycles. The van der Waals surface area contributed by atoms with E-state index in [0.29, 0.717) is 6.61 Å². The van der Waals surface area contributed by atoms with Crippen molar-refractivity contribution in [1.82, 2.24) is 0 Å². The first kappa shape index (κ1) is 14.0. The summed E-state index contributed by atoms with van der Waals surface area (Å²) >= 11 is 6.98. The van der Waals surface area contributed by atoms with E-state index >= 15 is 0 Å². The Bertz CT molecular complexity index is 609. The Morgan fingerprint density at radius 3 is 2.70 bits per heavy atom. The molecule has 1 aliphatic heterocycles. The van der Waals surface area contributed by atoms with Crippen molar-refractivity contribution in [2.45, 2.75) is 18.4 Å². The zero-order valence-corrected chi connectivity index (χ0v) is 14.0. The number of alkyl halides is 1. The van der Waals surface area contributed by atoms with E-state index in [1.165, 1.54) is 11.1 Å². The summed E-state index contributed by atoms with van der Waals surface area (Å²) in [5.74, 6) is 1.87. The number of hydrogen-bond donors (Lipinski definition) is 0. The standard InChI is InChI=1S/C16H14Br2O2/c17-9-11-1-3-15(4-2-11)20-10-13-8-14(18)7-12-5-6-19-16(12)13/h1-4,7-8H,5-6,9-10H2. The lowest BCUT2D eigenvalue weighted by Gasteiger charge is -2.11. The molecule has 0 saturated carbocycles. The number of halogens is 2. The van der Waals surface area contributed by atoms with Crippen molar-refractivity contribution in [2.24, 2.45) is 0 Å². The topological polar surface area (TPSA) is 18.5 Å². The summed E-state index contributed by atoms with van der Waals surface area (Å²) in [5, 5.41) is 0.861. The smallest absolute Gasteiger partial charge is 0.129 e. The first-order valence-electron chi connectivity index (χ1n) is 6.48. The van der Waals surface area contributed by atoms with Gasteiger partial charge >= 0.3 is 0 Å². The predicted molar refractivity (Wildman–Crippen MR) is 86.7 cm³/mol. The summed E-state index contributed by atoms with van der Waals surface area (Å²) < 4.78 is 12.6. The van der Waals surface area contributed by atoms with E-state index in [1.807, 2.05) is 12.1 Å². The Balaban J connectivity index is 1.75. The molecule has 4 heteroatoms. The van der Waals surface area contributed by atoms with Gasteiger partial charge in [-0.05, 0) is 35.4 Å². The van der Waals surface area contributed by atoms with Crippen molar-refractivity contribution in [3.63, 3.8) is 0 Å². The lowest BCUT2D eigenvalue weighted by Crippen LogP contribution is -1.99.